The lowest BCUT2D eigenvalue weighted by Gasteiger charge is -2.36. The molecule has 6 nitrogen and oxygen atoms in total. The minimum absolute atomic E-state index is 0. The first-order valence-electron chi connectivity index (χ1n) is 13.0. The van der Waals surface area contributed by atoms with Crippen molar-refractivity contribution in [2.24, 2.45) is 0 Å². The Morgan fingerprint density at radius 2 is 1.71 bits per heavy atom. The van der Waals surface area contributed by atoms with Crippen LogP contribution in [0, 0.1) is 6.92 Å². The first-order valence-corrected chi connectivity index (χ1v) is 13.0. The standard InChI is InChI=1S/C27H47N3O3.ClH/c1-7-8-9-10-11-12-13-14-15-16-25(31)28-17-18-30(5,6)20-23-19-29-22(2)26-24(23)21-32-27(3,4)33-26;/h19H,7-18,20-21H2,1-6H3;1H. The number of carbonyl (C=O) groups is 1. The largest absolute Gasteiger partial charge is 1.00 e. The molecule has 1 aromatic heterocycles. The summed E-state index contributed by atoms with van der Waals surface area (Å²) in [7, 11) is 4.38. The molecule has 0 fully saturated rings. The molecule has 0 saturated carbocycles. The molecule has 1 aromatic rings. The quantitative estimate of drug-likeness (QED) is 0.299. The molecule has 0 atom stereocenters. The zero-order chi connectivity index (χ0) is 24.3. The van der Waals surface area contributed by atoms with Crippen LogP contribution >= 0.6 is 0 Å². The van der Waals surface area contributed by atoms with Crippen LogP contribution in [0.1, 0.15) is 102 Å². The van der Waals surface area contributed by atoms with E-state index in [1.807, 2.05) is 27.0 Å². The maximum atomic E-state index is 12.2. The molecule has 0 aliphatic carbocycles. The number of hydrogen-bond acceptors (Lipinski definition) is 4. The number of aryl methyl sites for hydroxylation is 1. The summed E-state index contributed by atoms with van der Waals surface area (Å²) in [6.45, 7) is 11.0. The van der Waals surface area contributed by atoms with E-state index < -0.39 is 5.79 Å². The van der Waals surface area contributed by atoms with E-state index in [2.05, 4.69) is 31.3 Å². The molecular weight excluding hydrogens is 450 g/mol. The van der Waals surface area contributed by atoms with E-state index in [9.17, 15) is 4.79 Å². The average Bonchev–Trinajstić information content (AvgIpc) is 2.74. The SMILES string of the molecule is CCCCCCCCCCCC(=O)NCC[N+](C)(C)Cc1cnc(C)c2c1COC(C)(C)O2.[Cl-]. The third kappa shape index (κ3) is 10.9. The Kier molecular flexibility index (Phi) is 13.4. The molecule has 2 rings (SSSR count). The van der Waals surface area contributed by atoms with Gasteiger partial charge in [-0.25, -0.2) is 0 Å². The first-order chi connectivity index (χ1) is 15.6. The maximum absolute atomic E-state index is 12.2. The number of nitrogens with zero attached hydrogens (tertiary/aromatic N) is 2. The molecule has 1 aliphatic rings. The summed E-state index contributed by atoms with van der Waals surface area (Å²) in [6.07, 6.45) is 14.0. The van der Waals surface area contributed by atoms with Crippen LogP contribution in [0.25, 0.3) is 0 Å². The number of hydrogen-bond donors (Lipinski definition) is 1. The second kappa shape index (κ2) is 14.9. The Hall–Kier alpha value is -1.37. The molecule has 34 heavy (non-hydrogen) atoms. The predicted molar refractivity (Wildman–Crippen MR) is 134 cm³/mol. The third-order valence-corrected chi connectivity index (χ3v) is 6.46. The summed E-state index contributed by atoms with van der Waals surface area (Å²) >= 11 is 0. The number of fused-ring (bicyclic) bond motifs is 1. The number of unbranched alkanes of at least 4 members (excludes halogenated alkanes) is 8. The van der Waals surface area contributed by atoms with Crippen molar-refractivity contribution in [3.05, 3.63) is 23.0 Å². The van der Waals surface area contributed by atoms with Crippen LogP contribution in [0.2, 0.25) is 0 Å². The van der Waals surface area contributed by atoms with Crippen molar-refractivity contribution in [1.82, 2.24) is 10.3 Å². The maximum Gasteiger partial charge on any atom is 0.220 e. The van der Waals surface area contributed by atoms with E-state index in [0.717, 1.165) is 53.0 Å². The second-order valence-corrected chi connectivity index (χ2v) is 10.7. The number of pyridine rings is 1. The monoisotopic (exact) mass is 497 g/mol. The predicted octanol–water partition coefficient (Wildman–Crippen LogP) is 2.65. The van der Waals surface area contributed by atoms with E-state index in [0.29, 0.717) is 19.6 Å². The van der Waals surface area contributed by atoms with E-state index in [-0.39, 0.29) is 18.3 Å². The van der Waals surface area contributed by atoms with Gasteiger partial charge in [-0.2, -0.15) is 0 Å². The Balaban J connectivity index is 0.00000578. The smallest absolute Gasteiger partial charge is 0.220 e. The van der Waals surface area contributed by atoms with Crippen molar-refractivity contribution in [1.29, 1.82) is 0 Å². The Morgan fingerprint density at radius 1 is 1.09 bits per heavy atom. The van der Waals surface area contributed by atoms with Crippen LogP contribution < -0.4 is 22.5 Å². The van der Waals surface area contributed by atoms with Crippen LogP contribution in [-0.2, 0) is 22.7 Å². The second-order valence-electron chi connectivity index (χ2n) is 10.7. The van der Waals surface area contributed by atoms with Gasteiger partial charge in [-0.15, -0.1) is 0 Å². The molecule has 0 bridgehead atoms. The van der Waals surface area contributed by atoms with Gasteiger partial charge in [0, 0.05) is 37.6 Å². The van der Waals surface area contributed by atoms with Gasteiger partial charge in [-0.1, -0.05) is 58.3 Å². The molecule has 0 radical (unpaired) electrons. The molecule has 0 spiro atoms. The zero-order valence-electron chi connectivity index (χ0n) is 22.5. The minimum Gasteiger partial charge on any atom is -1.00 e. The van der Waals surface area contributed by atoms with Crippen LogP contribution in [0.3, 0.4) is 0 Å². The van der Waals surface area contributed by atoms with Crippen molar-refractivity contribution < 1.29 is 31.2 Å². The number of halogens is 1. The summed E-state index contributed by atoms with van der Waals surface area (Å²) in [5.41, 5.74) is 3.15. The van der Waals surface area contributed by atoms with Crippen molar-refractivity contribution in [3.8, 4) is 5.75 Å². The van der Waals surface area contributed by atoms with Gasteiger partial charge < -0.3 is 31.7 Å². The molecule has 1 amide bonds. The highest BCUT2D eigenvalue weighted by molar-refractivity contribution is 5.75. The highest BCUT2D eigenvalue weighted by Gasteiger charge is 2.32. The fourth-order valence-electron chi connectivity index (χ4n) is 4.35. The summed E-state index contributed by atoms with van der Waals surface area (Å²) in [5, 5.41) is 3.11. The lowest BCUT2D eigenvalue weighted by molar-refractivity contribution is -0.902. The third-order valence-electron chi connectivity index (χ3n) is 6.46. The Bertz CT molecular complexity index is 753. The van der Waals surface area contributed by atoms with Crippen molar-refractivity contribution in [2.45, 2.75) is 111 Å². The molecule has 0 aromatic carbocycles. The zero-order valence-corrected chi connectivity index (χ0v) is 23.2. The molecule has 0 saturated heterocycles. The fourth-order valence-corrected chi connectivity index (χ4v) is 4.35. The summed E-state index contributed by atoms with van der Waals surface area (Å²) < 4.78 is 12.7. The van der Waals surface area contributed by atoms with Gasteiger partial charge in [-0.3, -0.25) is 9.78 Å². The topological polar surface area (TPSA) is 60.5 Å². The van der Waals surface area contributed by atoms with Gasteiger partial charge in [0.05, 0.1) is 39.5 Å². The number of ether oxygens (including phenoxy) is 2. The van der Waals surface area contributed by atoms with E-state index in [1.54, 1.807) is 0 Å². The summed E-state index contributed by atoms with van der Waals surface area (Å²) in [4.78, 5) is 16.8. The van der Waals surface area contributed by atoms with Crippen molar-refractivity contribution in [2.75, 3.05) is 27.2 Å². The van der Waals surface area contributed by atoms with Gasteiger partial charge in [0.15, 0.2) is 0 Å². The number of rotatable bonds is 15. The number of quaternary nitrogens is 1. The molecule has 1 aliphatic heterocycles. The Morgan fingerprint density at radius 3 is 2.35 bits per heavy atom. The Labute approximate surface area is 214 Å². The number of nitrogens with one attached hydrogen (secondary N) is 1. The van der Waals surface area contributed by atoms with E-state index in [1.165, 1.54) is 44.9 Å². The molecular formula is C27H48ClN3O3. The number of aromatic nitrogens is 1. The first kappa shape index (κ1) is 30.7. The van der Waals surface area contributed by atoms with Gasteiger partial charge >= 0.3 is 0 Å². The van der Waals surface area contributed by atoms with Gasteiger partial charge in [0.2, 0.25) is 11.7 Å². The number of carbonyl (C=O) groups excluding carboxylic acids is 1. The number of amides is 1. The minimum atomic E-state index is -0.624. The van der Waals surface area contributed by atoms with Crippen molar-refractivity contribution in [3.63, 3.8) is 0 Å². The van der Waals surface area contributed by atoms with Crippen LogP contribution in [0.4, 0.5) is 0 Å². The lowest BCUT2D eigenvalue weighted by Crippen LogP contribution is -3.00. The van der Waals surface area contributed by atoms with Crippen LogP contribution in [0.15, 0.2) is 6.20 Å². The highest BCUT2D eigenvalue weighted by Crippen LogP contribution is 2.35. The molecule has 196 valence electrons. The molecule has 7 heteroatoms. The normalized spacial score (nSPS) is 14.6. The van der Waals surface area contributed by atoms with E-state index >= 15 is 0 Å². The van der Waals surface area contributed by atoms with Gasteiger partial charge in [0.25, 0.3) is 0 Å². The number of likely N-dealkylation sites (N-methyl/N-ethyl adjacent to an activating group) is 1. The van der Waals surface area contributed by atoms with Gasteiger partial charge in [-0.05, 0) is 13.3 Å². The van der Waals surface area contributed by atoms with Crippen LogP contribution in [0.5, 0.6) is 5.75 Å². The lowest BCUT2D eigenvalue weighted by atomic mass is 10.1. The molecule has 1 N–H and O–H groups in total. The van der Waals surface area contributed by atoms with E-state index in [4.69, 9.17) is 9.47 Å². The summed E-state index contributed by atoms with van der Waals surface area (Å²) in [6, 6.07) is 0. The fraction of sp³-hybridized carbons (Fsp3) is 0.778. The molecule has 0 unspecified atom stereocenters. The molecule has 2 heterocycles. The average molecular weight is 498 g/mol. The van der Waals surface area contributed by atoms with Gasteiger partial charge in [0.1, 0.15) is 12.3 Å². The highest BCUT2D eigenvalue weighted by atomic mass is 35.5. The van der Waals surface area contributed by atoms with Crippen LogP contribution in [-0.4, -0.2) is 48.3 Å². The van der Waals surface area contributed by atoms with Crippen molar-refractivity contribution >= 4 is 5.91 Å². The summed E-state index contributed by atoms with van der Waals surface area (Å²) in [5.74, 6) is 0.413.